The first-order valence-corrected chi connectivity index (χ1v) is 10.4. The van der Waals surface area contributed by atoms with Gasteiger partial charge in [0, 0.05) is 27.3 Å². The summed E-state index contributed by atoms with van der Waals surface area (Å²) >= 11 is 17.7. The van der Waals surface area contributed by atoms with Gasteiger partial charge in [0.05, 0.1) is 4.90 Å². The Labute approximate surface area is 166 Å². The second-order valence-electron chi connectivity index (χ2n) is 5.88. The first kappa shape index (κ1) is 19.5. The molecule has 5 nitrogen and oxygen atoms in total. The molecule has 9 heteroatoms. The monoisotopic (exact) mass is 432 g/mol. The third kappa shape index (κ3) is 4.15. The minimum absolute atomic E-state index is 0.104. The number of carbonyl (C=O) groups is 1. The number of rotatable bonds is 4. The maximum Gasteiger partial charge on any atom is 0.243 e. The van der Waals surface area contributed by atoms with E-state index in [1.54, 1.807) is 18.2 Å². The first-order valence-electron chi connectivity index (χ1n) is 7.82. The molecule has 0 unspecified atom stereocenters. The molecular weight excluding hydrogens is 419 g/mol. The molecule has 1 heterocycles. The second kappa shape index (κ2) is 7.74. The van der Waals surface area contributed by atoms with Crippen LogP contribution in [0, 0.1) is 0 Å². The average Bonchev–Trinajstić information content (AvgIpc) is 3.05. The Bertz CT molecular complexity index is 913. The zero-order valence-electron chi connectivity index (χ0n) is 13.5. The van der Waals surface area contributed by atoms with Gasteiger partial charge in [-0.05, 0) is 55.3 Å². The molecule has 138 valence electrons. The summed E-state index contributed by atoms with van der Waals surface area (Å²) in [6.45, 7) is 0.277. The summed E-state index contributed by atoms with van der Waals surface area (Å²) in [5.74, 6) is -0.418. The number of hydrogen-bond donors (Lipinski definition) is 1. The van der Waals surface area contributed by atoms with Gasteiger partial charge in [-0.15, -0.1) is 0 Å². The van der Waals surface area contributed by atoms with Crippen LogP contribution in [-0.4, -0.2) is 31.2 Å². The van der Waals surface area contributed by atoms with Crippen LogP contribution in [0.25, 0.3) is 0 Å². The summed E-state index contributed by atoms with van der Waals surface area (Å²) in [5.41, 5.74) is 0.420. The lowest BCUT2D eigenvalue weighted by atomic mass is 10.2. The Balaban J connectivity index is 1.83. The highest BCUT2D eigenvalue weighted by Gasteiger charge is 2.39. The quantitative estimate of drug-likeness (QED) is 0.775. The Morgan fingerprint density at radius 3 is 2.23 bits per heavy atom. The number of benzene rings is 2. The molecule has 1 aliphatic rings. The van der Waals surface area contributed by atoms with Crippen molar-refractivity contribution in [2.24, 2.45) is 0 Å². The summed E-state index contributed by atoms with van der Waals surface area (Å²) in [5, 5.41) is 3.89. The van der Waals surface area contributed by atoms with E-state index < -0.39 is 22.0 Å². The number of nitrogens with zero attached hydrogens (tertiary/aromatic N) is 1. The van der Waals surface area contributed by atoms with Crippen molar-refractivity contribution in [2.75, 3.05) is 11.9 Å². The van der Waals surface area contributed by atoms with Crippen molar-refractivity contribution in [3.05, 3.63) is 57.5 Å². The van der Waals surface area contributed by atoms with E-state index in [-0.39, 0.29) is 11.4 Å². The number of amides is 1. The fourth-order valence-electron chi connectivity index (χ4n) is 2.88. The summed E-state index contributed by atoms with van der Waals surface area (Å²) in [6, 6.07) is 9.74. The van der Waals surface area contributed by atoms with Gasteiger partial charge in [-0.2, -0.15) is 4.31 Å². The zero-order chi connectivity index (χ0) is 18.9. The molecule has 1 atom stereocenters. The van der Waals surface area contributed by atoms with E-state index in [1.807, 2.05) is 0 Å². The van der Waals surface area contributed by atoms with E-state index in [9.17, 15) is 13.2 Å². The van der Waals surface area contributed by atoms with Crippen molar-refractivity contribution in [3.63, 3.8) is 0 Å². The number of nitrogens with one attached hydrogen (secondary N) is 1. The van der Waals surface area contributed by atoms with E-state index >= 15 is 0 Å². The van der Waals surface area contributed by atoms with Crippen LogP contribution in [0.1, 0.15) is 12.8 Å². The molecule has 0 aliphatic carbocycles. The Morgan fingerprint density at radius 2 is 1.62 bits per heavy atom. The van der Waals surface area contributed by atoms with E-state index in [0.29, 0.717) is 33.6 Å². The summed E-state index contributed by atoms with van der Waals surface area (Å²) < 4.78 is 27.0. The van der Waals surface area contributed by atoms with Crippen LogP contribution in [0.15, 0.2) is 47.4 Å². The third-order valence-electron chi connectivity index (χ3n) is 4.06. The highest BCUT2D eigenvalue weighted by Crippen LogP contribution is 2.28. The highest BCUT2D eigenvalue weighted by atomic mass is 35.5. The van der Waals surface area contributed by atoms with Gasteiger partial charge >= 0.3 is 0 Å². The summed E-state index contributed by atoms with van der Waals surface area (Å²) in [6.07, 6.45) is 1.04. The van der Waals surface area contributed by atoms with Gasteiger partial charge in [-0.25, -0.2) is 8.42 Å². The van der Waals surface area contributed by atoms with Gasteiger partial charge < -0.3 is 5.32 Å². The number of sulfonamides is 1. The van der Waals surface area contributed by atoms with Crippen molar-refractivity contribution < 1.29 is 13.2 Å². The maximum atomic E-state index is 12.9. The molecule has 0 bridgehead atoms. The largest absolute Gasteiger partial charge is 0.325 e. The molecule has 0 aromatic heterocycles. The minimum Gasteiger partial charge on any atom is -0.325 e. The van der Waals surface area contributed by atoms with E-state index in [4.69, 9.17) is 34.8 Å². The molecule has 26 heavy (non-hydrogen) atoms. The van der Waals surface area contributed by atoms with Crippen molar-refractivity contribution in [1.29, 1.82) is 0 Å². The molecule has 1 N–H and O–H groups in total. The molecule has 0 saturated carbocycles. The Hall–Kier alpha value is -1.31. The van der Waals surface area contributed by atoms with Crippen LogP contribution in [0.4, 0.5) is 5.69 Å². The minimum atomic E-state index is -3.80. The molecule has 2 aromatic carbocycles. The van der Waals surface area contributed by atoms with Crippen LogP contribution in [0.3, 0.4) is 0 Å². The average molecular weight is 434 g/mol. The van der Waals surface area contributed by atoms with Crippen LogP contribution in [-0.2, 0) is 14.8 Å². The van der Waals surface area contributed by atoms with Gasteiger partial charge in [0.2, 0.25) is 15.9 Å². The van der Waals surface area contributed by atoms with Crippen LogP contribution in [0.2, 0.25) is 15.1 Å². The number of hydrogen-bond acceptors (Lipinski definition) is 3. The van der Waals surface area contributed by atoms with Crippen LogP contribution in [0.5, 0.6) is 0 Å². The Morgan fingerprint density at radius 1 is 1.00 bits per heavy atom. The van der Waals surface area contributed by atoms with Gasteiger partial charge in [0.25, 0.3) is 0 Å². The van der Waals surface area contributed by atoms with Crippen molar-refractivity contribution in [2.45, 2.75) is 23.8 Å². The van der Waals surface area contributed by atoms with Crippen molar-refractivity contribution in [3.8, 4) is 0 Å². The molecule has 2 aromatic rings. The Kier molecular flexibility index (Phi) is 5.79. The fourth-order valence-corrected chi connectivity index (χ4v) is 5.19. The lowest BCUT2D eigenvalue weighted by Crippen LogP contribution is -2.43. The van der Waals surface area contributed by atoms with E-state index in [0.717, 1.165) is 0 Å². The first-order chi connectivity index (χ1) is 12.3. The smallest absolute Gasteiger partial charge is 0.243 e. The van der Waals surface area contributed by atoms with E-state index in [2.05, 4.69) is 5.32 Å². The molecule has 1 fully saturated rings. The molecule has 1 aliphatic heterocycles. The molecule has 0 radical (unpaired) electrons. The second-order valence-corrected chi connectivity index (χ2v) is 9.07. The zero-order valence-corrected chi connectivity index (χ0v) is 16.5. The van der Waals surface area contributed by atoms with Gasteiger partial charge in [-0.3, -0.25) is 4.79 Å². The number of halogens is 3. The van der Waals surface area contributed by atoms with E-state index in [1.165, 1.54) is 28.6 Å². The van der Waals surface area contributed by atoms with Gasteiger partial charge in [0.15, 0.2) is 0 Å². The van der Waals surface area contributed by atoms with Gasteiger partial charge in [-0.1, -0.05) is 34.8 Å². The normalized spacial score (nSPS) is 18.0. The highest BCUT2D eigenvalue weighted by molar-refractivity contribution is 7.89. The predicted octanol–water partition coefficient (Wildman–Crippen LogP) is 4.44. The number of anilines is 1. The maximum absolute atomic E-state index is 12.9. The molecular formula is C17H15Cl3N2O3S. The SMILES string of the molecule is O=C(Nc1cc(Cl)cc(Cl)c1)[C@H]1CCCN1S(=O)(=O)c1ccc(Cl)cc1. The fraction of sp³-hybridized carbons (Fsp3) is 0.235. The summed E-state index contributed by atoms with van der Waals surface area (Å²) in [7, 11) is -3.80. The lowest BCUT2D eigenvalue weighted by molar-refractivity contribution is -0.119. The predicted molar refractivity (Wildman–Crippen MR) is 103 cm³/mol. The standard InChI is InChI=1S/C17H15Cl3N2O3S/c18-11-3-5-15(6-4-11)26(24,25)22-7-1-2-16(22)17(23)21-14-9-12(19)8-13(20)10-14/h3-6,8-10,16H,1-2,7H2,(H,21,23)/t16-/m1/s1. The topological polar surface area (TPSA) is 66.5 Å². The van der Waals surface area contributed by atoms with Crippen molar-refractivity contribution >= 4 is 56.4 Å². The van der Waals surface area contributed by atoms with Gasteiger partial charge in [0.1, 0.15) is 6.04 Å². The molecule has 3 rings (SSSR count). The lowest BCUT2D eigenvalue weighted by Gasteiger charge is -2.23. The number of carbonyl (C=O) groups excluding carboxylic acids is 1. The molecule has 0 spiro atoms. The van der Waals surface area contributed by atoms with Crippen molar-refractivity contribution in [1.82, 2.24) is 4.31 Å². The summed E-state index contributed by atoms with van der Waals surface area (Å²) in [4.78, 5) is 12.8. The third-order valence-corrected chi connectivity index (χ3v) is 6.67. The van der Waals surface area contributed by atoms with Crippen LogP contribution < -0.4 is 5.32 Å². The van der Waals surface area contributed by atoms with Crippen LogP contribution >= 0.6 is 34.8 Å². The molecule has 1 saturated heterocycles. The molecule has 1 amide bonds.